The highest BCUT2D eigenvalue weighted by atomic mass is 32.2. The van der Waals surface area contributed by atoms with E-state index in [2.05, 4.69) is 0 Å². The summed E-state index contributed by atoms with van der Waals surface area (Å²) < 4.78 is 10.9. The van der Waals surface area contributed by atoms with E-state index in [0.29, 0.717) is 23.0 Å². The normalized spacial score (nSPS) is 16.6. The van der Waals surface area contributed by atoms with Crippen LogP contribution in [0, 0.1) is 6.92 Å². The maximum atomic E-state index is 12.4. The van der Waals surface area contributed by atoms with Crippen molar-refractivity contribution in [2.45, 2.75) is 33.7 Å². The number of hydrogen-bond donors (Lipinski definition) is 0. The Balaban J connectivity index is 2.41. The molecule has 124 valence electrons. The van der Waals surface area contributed by atoms with Crippen molar-refractivity contribution < 1.29 is 19.1 Å². The van der Waals surface area contributed by atoms with Gasteiger partial charge < -0.3 is 9.47 Å². The summed E-state index contributed by atoms with van der Waals surface area (Å²) in [5, 5.41) is -0.229. The number of hydrogen-bond acceptors (Lipinski definition) is 5. The number of methoxy groups -OCH3 is 1. The number of aryl methyl sites for hydroxylation is 1. The predicted molar refractivity (Wildman–Crippen MR) is 91.8 cm³/mol. The SMILES string of the molecule is CCOc1cc(/C=C2\SC(=O)N(C(C)C)C2=O)c(C)cc1OC. The van der Waals surface area contributed by atoms with Gasteiger partial charge in [0.25, 0.3) is 11.1 Å². The van der Waals surface area contributed by atoms with Crippen LogP contribution < -0.4 is 9.47 Å². The third-order valence-corrected chi connectivity index (χ3v) is 4.36. The Kier molecular flexibility index (Phi) is 5.36. The third kappa shape index (κ3) is 3.52. The molecule has 0 aromatic heterocycles. The summed E-state index contributed by atoms with van der Waals surface area (Å²) in [6, 6.07) is 3.55. The van der Waals surface area contributed by atoms with Crippen LogP contribution in [0.5, 0.6) is 11.5 Å². The van der Waals surface area contributed by atoms with Gasteiger partial charge in [0.15, 0.2) is 11.5 Å². The van der Waals surface area contributed by atoms with Crippen molar-refractivity contribution in [3.8, 4) is 11.5 Å². The van der Waals surface area contributed by atoms with Crippen LogP contribution >= 0.6 is 11.8 Å². The summed E-state index contributed by atoms with van der Waals surface area (Å²) in [4.78, 5) is 26.0. The van der Waals surface area contributed by atoms with E-state index in [-0.39, 0.29) is 17.2 Å². The Hall–Kier alpha value is -1.95. The van der Waals surface area contributed by atoms with Crippen LogP contribution in [0.1, 0.15) is 31.9 Å². The largest absolute Gasteiger partial charge is 0.493 e. The highest BCUT2D eigenvalue weighted by Gasteiger charge is 2.36. The first-order valence-electron chi connectivity index (χ1n) is 7.47. The molecule has 23 heavy (non-hydrogen) atoms. The molecule has 0 spiro atoms. The van der Waals surface area contributed by atoms with E-state index in [9.17, 15) is 9.59 Å². The van der Waals surface area contributed by atoms with E-state index in [0.717, 1.165) is 22.9 Å². The van der Waals surface area contributed by atoms with Crippen molar-refractivity contribution in [3.05, 3.63) is 28.2 Å². The lowest BCUT2D eigenvalue weighted by Crippen LogP contribution is -2.34. The van der Waals surface area contributed by atoms with Crippen LogP contribution in [-0.2, 0) is 4.79 Å². The van der Waals surface area contributed by atoms with E-state index in [1.165, 1.54) is 4.90 Å². The number of carbonyl (C=O) groups excluding carboxylic acids is 2. The molecule has 0 N–H and O–H groups in total. The van der Waals surface area contributed by atoms with Crippen molar-refractivity contribution in [2.24, 2.45) is 0 Å². The van der Waals surface area contributed by atoms with Crippen LogP contribution in [0.2, 0.25) is 0 Å². The van der Waals surface area contributed by atoms with Gasteiger partial charge in [0.1, 0.15) is 0 Å². The van der Waals surface area contributed by atoms with Crippen molar-refractivity contribution in [2.75, 3.05) is 13.7 Å². The first-order chi connectivity index (χ1) is 10.9. The monoisotopic (exact) mass is 335 g/mol. The Morgan fingerprint density at radius 2 is 1.96 bits per heavy atom. The van der Waals surface area contributed by atoms with Gasteiger partial charge in [-0.25, -0.2) is 0 Å². The minimum atomic E-state index is -0.247. The Morgan fingerprint density at radius 1 is 1.26 bits per heavy atom. The molecule has 1 aliphatic heterocycles. The van der Waals surface area contributed by atoms with Gasteiger partial charge in [0, 0.05) is 6.04 Å². The molecule has 1 aliphatic rings. The number of carbonyl (C=O) groups is 2. The molecule has 1 aromatic rings. The van der Waals surface area contributed by atoms with Crippen LogP contribution in [0.3, 0.4) is 0 Å². The second-order valence-electron chi connectivity index (χ2n) is 5.44. The molecule has 2 amide bonds. The van der Waals surface area contributed by atoms with Crippen molar-refractivity contribution in [1.29, 1.82) is 0 Å². The van der Waals surface area contributed by atoms with Gasteiger partial charge in [0.05, 0.1) is 18.6 Å². The first-order valence-corrected chi connectivity index (χ1v) is 8.29. The molecule has 0 atom stereocenters. The lowest BCUT2D eigenvalue weighted by Gasteiger charge is -2.16. The summed E-state index contributed by atoms with van der Waals surface area (Å²) in [7, 11) is 1.59. The van der Waals surface area contributed by atoms with Gasteiger partial charge in [-0.2, -0.15) is 0 Å². The van der Waals surface area contributed by atoms with E-state index in [4.69, 9.17) is 9.47 Å². The first kappa shape index (κ1) is 17.4. The van der Waals surface area contributed by atoms with Gasteiger partial charge in [-0.05, 0) is 68.8 Å². The highest BCUT2D eigenvalue weighted by molar-refractivity contribution is 8.18. The van der Waals surface area contributed by atoms with Gasteiger partial charge in [-0.15, -0.1) is 0 Å². The lowest BCUT2D eigenvalue weighted by atomic mass is 10.1. The zero-order valence-corrected chi connectivity index (χ0v) is 14.8. The minimum absolute atomic E-state index is 0.149. The molecule has 0 radical (unpaired) electrons. The maximum absolute atomic E-state index is 12.4. The standard InChI is InChI=1S/C17H21NO4S/c1-6-22-14-8-12(11(4)7-13(14)21-5)9-15-16(19)18(10(2)3)17(20)23-15/h7-10H,6H2,1-5H3/b15-9-. The molecule has 2 rings (SSSR count). The molecule has 0 saturated carbocycles. The lowest BCUT2D eigenvalue weighted by molar-refractivity contribution is -0.123. The predicted octanol–water partition coefficient (Wildman–Crippen LogP) is 3.85. The number of ether oxygens (including phenoxy) is 2. The Morgan fingerprint density at radius 3 is 2.48 bits per heavy atom. The van der Waals surface area contributed by atoms with Gasteiger partial charge in [-0.3, -0.25) is 14.5 Å². The zero-order valence-electron chi connectivity index (χ0n) is 14.0. The molecule has 1 saturated heterocycles. The Bertz CT molecular complexity index is 667. The molecule has 0 bridgehead atoms. The van der Waals surface area contributed by atoms with Crippen LogP contribution in [-0.4, -0.2) is 35.8 Å². The molecule has 1 fully saturated rings. The van der Waals surface area contributed by atoms with Crippen molar-refractivity contribution in [1.82, 2.24) is 4.90 Å². The third-order valence-electron chi connectivity index (χ3n) is 3.48. The molecule has 1 aromatic carbocycles. The summed E-state index contributed by atoms with van der Waals surface area (Å²) in [5.74, 6) is 1.02. The van der Waals surface area contributed by atoms with E-state index < -0.39 is 0 Å². The smallest absolute Gasteiger partial charge is 0.293 e. The van der Waals surface area contributed by atoms with E-state index in [1.54, 1.807) is 13.2 Å². The second kappa shape index (κ2) is 7.08. The number of amides is 2. The molecular formula is C17H21NO4S. The zero-order chi connectivity index (χ0) is 17.1. The fraction of sp³-hybridized carbons (Fsp3) is 0.412. The van der Waals surface area contributed by atoms with Crippen LogP contribution in [0.25, 0.3) is 6.08 Å². The summed E-state index contributed by atoms with van der Waals surface area (Å²) in [6.07, 6.45) is 1.74. The minimum Gasteiger partial charge on any atom is -0.493 e. The fourth-order valence-electron chi connectivity index (χ4n) is 2.33. The molecular weight excluding hydrogens is 314 g/mol. The summed E-state index contributed by atoms with van der Waals surface area (Å²) in [6.45, 7) is 7.99. The van der Waals surface area contributed by atoms with E-state index >= 15 is 0 Å². The molecule has 0 unspecified atom stereocenters. The van der Waals surface area contributed by atoms with Gasteiger partial charge in [-0.1, -0.05) is 0 Å². The number of imide groups is 1. The van der Waals surface area contributed by atoms with Crippen LogP contribution in [0.15, 0.2) is 17.0 Å². The summed E-state index contributed by atoms with van der Waals surface area (Å²) >= 11 is 0.969. The number of rotatable bonds is 5. The molecule has 6 heteroatoms. The van der Waals surface area contributed by atoms with Gasteiger partial charge in [0.2, 0.25) is 0 Å². The number of thioether (sulfide) groups is 1. The highest BCUT2D eigenvalue weighted by Crippen LogP contribution is 2.36. The van der Waals surface area contributed by atoms with Gasteiger partial charge >= 0.3 is 0 Å². The average molecular weight is 335 g/mol. The van der Waals surface area contributed by atoms with Crippen LogP contribution in [0.4, 0.5) is 4.79 Å². The second-order valence-corrected chi connectivity index (χ2v) is 6.43. The van der Waals surface area contributed by atoms with Crippen molar-refractivity contribution >= 4 is 29.0 Å². The molecule has 0 aliphatic carbocycles. The topological polar surface area (TPSA) is 55.8 Å². The number of benzene rings is 1. The quantitative estimate of drug-likeness (QED) is 0.765. The van der Waals surface area contributed by atoms with Crippen molar-refractivity contribution in [3.63, 3.8) is 0 Å². The summed E-state index contributed by atoms with van der Waals surface area (Å²) in [5.41, 5.74) is 1.78. The molecule has 1 heterocycles. The number of nitrogens with zero attached hydrogens (tertiary/aromatic N) is 1. The fourth-order valence-corrected chi connectivity index (χ4v) is 3.28. The Labute approximate surface area is 140 Å². The molecule has 5 nitrogen and oxygen atoms in total. The average Bonchev–Trinajstić information content (AvgIpc) is 2.76. The van der Waals surface area contributed by atoms with E-state index in [1.807, 2.05) is 39.8 Å². The maximum Gasteiger partial charge on any atom is 0.293 e.